The van der Waals surface area contributed by atoms with Crippen molar-refractivity contribution >= 4 is 33.7 Å². The number of carbonyl (C=O) groups excluding carboxylic acids is 3. The highest BCUT2D eigenvalue weighted by molar-refractivity contribution is 9.09. The van der Waals surface area contributed by atoms with E-state index >= 15 is 0 Å². The minimum atomic E-state index is -1.18. The van der Waals surface area contributed by atoms with Gasteiger partial charge in [0.15, 0.2) is 0 Å². The maximum atomic E-state index is 14.7. The summed E-state index contributed by atoms with van der Waals surface area (Å²) in [4.78, 5) is 45.5. The molecule has 212 valence electrons. The van der Waals surface area contributed by atoms with Crippen LogP contribution < -0.4 is 0 Å². The molecule has 1 spiro atoms. The van der Waals surface area contributed by atoms with Crippen molar-refractivity contribution in [2.75, 3.05) is 19.8 Å². The Bertz CT molecular complexity index is 1080. The molecular formula is C30H39BrN2O6. The molecule has 3 saturated heterocycles. The summed E-state index contributed by atoms with van der Waals surface area (Å²) in [6.45, 7) is 5.89. The summed E-state index contributed by atoms with van der Waals surface area (Å²) in [5, 5.41) is 10.6. The van der Waals surface area contributed by atoms with Gasteiger partial charge in [-0.1, -0.05) is 71.6 Å². The largest absolute Gasteiger partial charge is 0.466 e. The van der Waals surface area contributed by atoms with E-state index in [-0.39, 0.29) is 35.9 Å². The minimum absolute atomic E-state index is 0.0533. The lowest BCUT2D eigenvalue weighted by Gasteiger charge is -2.42. The van der Waals surface area contributed by atoms with Crippen molar-refractivity contribution in [2.24, 2.45) is 11.8 Å². The second-order valence-corrected chi connectivity index (χ2v) is 12.4. The van der Waals surface area contributed by atoms with Crippen LogP contribution in [0.3, 0.4) is 0 Å². The molecule has 4 fully saturated rings. The van der Waals surface area contributed by atoms with Crippen LogP contribution in [0, 0.1) is 11.8 Å². The Hall–Kier alpha value is -2.23. The van der Waals surface area contributed by atoms with Crippen molar-refractivity contribution in [1.29, 1.82) is 0 Å². The Kier molecular flexibility index (Phi) is 8.50. The van der Waals surface area contributed by atoms with Crippen LogP contribution in [0.5, 0.6) is 0 Å². The number of halogens is 1. The van der Waals surface area contributed by atoms with E-state index in [1.54, 1.807) is 17.9 Å². The molecule has 3 aliphatic heterocycles. The van der Waals surface area contributed by atoms with E-state index in [0.29, 0.717) is 19.4 Å². The van der Waals surface area contributed by atoms with Crippen molar-refractivity contribution in [3.63, 3.8) is 0 Å². The third-order valence-electron chi connectivity index (χ3n) is 9.06. The normalized spacial score (nSPS) is 32.6. The number of fused-ring (bicyclic) bond motifs is 1. The molecule has 0 aromatic heterocycles. The molecule has 7 atom stereocenters. The molecule has 1 aliphatic carbocycles. The number of rotatable bonds is 10. The topological polar surface area (TPSA) is 96.4 Å². The average Bonchev–Trinajstić information content (AvgIpc) is 3.54. The van der Waals surface area contributed by atoms with Crippen LogP contribution >= 0.6 is 15.9 Å². The van der Waals surface area contributed by atoms with Gasteiger partial charge in [0.1, 0.15) is 11.6 Å². The fraction of sp³-hybridized carbons (Fsp3) is 0.633. The van der Waals surface area contributed by atoms with E-state index in [9.17, 15) is 19.5 Å². The molecular weight excluding hydrogens is 564 g/mol. The van der Waals surface area contributed by atoms with Crippen LogP contribution in [0.2, 0.25) is 0 Å². The molecule has 0 radical (unpaired) electrons. The van der Waals surface area contributed by atoms with Crippen LogP contribution in [-0.4, -0.2) is 87.1 Å². The highest BCUT2D eigenvalue weighted by Crippen LogP contribution is 2.61. The van der Waals surface area contributed by atoms with Gasteiger partial charge in [0.2, 0.25) is 11.8 Å². The zero-order valence-electron chi connectivity index (χ0n) is 22.5. The molecule has 2 amide bonds. The minimum Gasteiger partial charge on any atom is -0.466 e. The molecule has 3 heterocycles. The first-order valence-corrected chi connectivity index (χ1v) is 15.2. The highest BCUT2D eigenvalue weighted by Gasteiger charge is 2.77. The third-order valence-corrected chi connectivity index (χ3v) is 9.91. The summed E-state index contributed by atoms with van der Waals surface area (Å²) in [6.07, 6.45) is 7.03. The lowest BCUT2D eigenvalue weighted by Crippen LogP contribution is -2.60. The van der Waals surface area contributed by atoms with Gasteiger partial charge < -0.3 is 24.4 Å². The second kappa shape index (κ2) is 11.7. The highest BCUT2D eigenvalue weighted by atomic mass is 79.9. The van der Waals surface area contributed by atoms with Gasteiger partial charge in [0.25, 0.3) is 0 Å². The van der Waals surface area contributed by atoms with Crippen LogP contribution in [0.15, 0.2) is 43.0 Å². The number of likely N-dealkylation sites (tertiary alicyclic amines) is 1. The quantitative estimate of drug-likeness (QED) is 0.251. The molecule has 9 heteroatoms. The van der Waals surface area contributed by atoms with Gasteiger partial charge in [-0.05, 0) is 38.2 Å². The van der Waals surface area contributed by atoms with Crippen molar-refractivity contribution in [1.82, 2.24) is 9.80 Å². The molecule has 1 aromatic rings. The number of ether oxygens (including phenoxy) is 2. The number of alkyl halides is 1. The van der Waals surface area contributed by atoms with Crippen LogP contribution in [0.1, 0.15) is 51.0 Å². The summed E-state index contributed by atoms with van der Waals surface area (Å²) >= 11 is 3.70. The number of hydrogen-bond acceptors (Lipinski definition) is 6. The Morgan fingerprint density at radius 3 is 2.64 bits per heavy atom. The summed E-state index contributed by atoms with van der Waals surface area (Å²) in [5.41, 5.74) is -0.228. The zero-order chi connectivity index (χ0) is 27.7. The maximum Gasteiger partial charge on any atom is 0.312 e. The number of carbonyl (C=O) groups is 3. The van der Waals surface area contributed by atoms with Gasteiger partial charge in [0, 0.05) is 17.4 Å². The van der Waals surface area contributed by atoms with E-state index in [4.69, 9.17) is 9.47 Å². The lowest BCUT2D eigenvalue weighted by atomic mass is 9.70. The van der Waals surface area contributed by atoms with Crippen molar-refractivity contribution in [3.05, 3.63) is 48.6 Å². The monoisotopic (exact) mass is 602 g/mol. The Labute approximate surface area is 238 Å². The molecule has 39 heavy (non-hydrogen) atoms. The fourth-order valence-corrected chi connectivity index (χ4v) is 8.44. The smallest absolute Gasteiger partial charge is 0.312 e. The second-order valence-electron chi connectivity index (χ2n) is 11.3. The van der Waals surface area contributed by atoms with E-state index in [2.05, 4.69) is 22.5 Å². The van der Waals surface area contributed by atoms with Gasteiger partial charge in [-0.15, -0.1) is 6.58 Å². The van der Waals surface area contributed by atoms with Crippen molar-refractivity contribution in [2.45, 2.75) is 86.5 Å². The Balaban J connectivity index is 1.58. The average molecular weight is 604 g/mol. The predicted octanol–water partition coefficient (Wildman–Crippen LogP) is 3.25. The summed E-state index contributed by atoms with van der Waals surface area (Å²) in [5.74, 6) is -2.63. The number of amides is 2. The van der Waals surface area contributed by atoms with E-state index in [1.807, 2.05) is 35.2 Å². The van der Waals surface area contributed by atoms with Gasteiger partial charge in [-0.2, -0.15) is 0 Å². The van der Waals surface area contributed by atoms with Crippen LogP contribution in [0.4, 0.5) is 0 Å². The molecule has 2 bridgehead atoms. The number of hydrogen-bond donors (Lipinski definition) is 1. The summed E-state index contributed by atoms with van der Waals surface area (Å²) < 4.78 is 12.0. The van der Waals surface area contributed by atoms with Gasteiger partial charge >= 0.3 is 5.97 Å². The zero-order valence-corrected chi connectivity index (χ0v) is 24.1. The third kappa shape index (κ3) is 4.84. The number of nitrogens with zero attached hydrogens (tertiary/aromatic N) is 2. The maximum absolute atomic E-state index is 14.7. The van der Waals surface area contributed by atoms with Crippen LogP contribution in [-0.2, 0) is 30.3 Å². The fourth-order valence-electron chi connectivity index (χ4n) is 7.49. The van der Waals surface area contributed by atoms with E-state index in [1.165, 1.54) is 0 Å². The van der Waals surface area contributed by atoms with Crippen LogP contribution in [0.25, 0.3) is 0 Å². The first kappa shape index (κ1) is 28.3. The molecule has 1 N–H and O–H groups in total. The first-order valence-electron chi connectivity index (χ1n) is 14.2. The molecule has 8 nitrogen and oxygen atoms in total. The van der Waals surface area contributed by atoms with Gasteiger partial charge in [0.05, 0.1) is 37.2 Å². The predicted molar refractivity (Wildman–Crippen MR) is 149 cm³/mol. The summed E-state index contributed by atoms with van der Waals surface area (Å²) in [6, 6.07) is 8.09. The van der Waals surface area contributed by atoms with Gasteiger partial charge in [-0.25, -0.2) is 0 Å². The van der Waals surface area contributed by atoms with Crippen molar-refractivity contribution in [3.8, 4) is 0 Å². The summed E-state index contributed by atoms with van der Waals surface area (Å²) in [7, 11) is 0. The number of benzene rings is 1. The van der Waals surface area contributed by atoms with Gasteiger partial charge in [-0.3, -0.25) is 14.4 Å². The number of aliphatic hydroxyl groups is 1. The Morgan fingerprint density at radius 1 is 1.28 bits per heavy atom. The first-order chi connectivity index (χ1) is 18.9. The van der Waals surface area contributed by atoms with E-state index in [0.717, 1.165) is 37.7 Å². The standard InChI is InChI=1S/C30H39BrN2O6/c1-3-15-32(20-13-9-6-10-14-20)28(36)26-30-17-22(31)25(39-30)23(29(37)38-4-2)24(30)27(35)33(26)21(18-34)16-19-11-7-5-8-12-19/h3,5,7-8,11-12,20-26,34H,1,4,6,9-10,13-18H2,2H3/t21-,22?,23-,24+,25-,26-,30+/m1/s1. The molecule has 1 aromatic carbocycles. The number of esters is 1. The molecule has 4 aliphatic rings. The number of aliphatic hydroxyl groups excluding tert-OH is 1. The van der Waals surface area contributed by atoms with Crippen molar-refractivity contribution < 1.29 is 29.0 Å². The SMILES string of the molecule is C=CCN(C(=O)[C@H]1N([C@@H](CO)Cc2ccccc2)C(=O)[C@@H]2[C@@H](C(=O)OCC)[C@@H]3O[C@@]21CC3Br)C1CCCCC1. The molecule has 1 unspecified atom stereocenters. The lowest BCUT2D eigenvalue weighted by molar-refractivity contribution is -0.156. The molecule has 5 rings (SSSR count). The molecule has 1 saturated carbocycles. The van der Waals surface area contributed by atoms with E-state index < -0.39 is 41.6 Å². The Morgan fingerprint density at radius 2 is 2.00 bits per heavy atom.